The zero-order valence-corrected chi connectivity index (χ0v) is 8.01. The number of hydrogen-bond acceptors (Lipinski definition) is 3. The highest BCUT2D eigenvalue weighted by Gasteiger charge is 2.22. The molecule has 0 bridgehead atoms. The van der Waals surface area contributed by atoms with Crippen LogP contribution in [0.4, 0.5) is 0 Å². The predicted molar refractivity (Wildman–Crippen MR) is 45.9 cm³/mol. The Morgan fingerprint density at radius 2 is 2.50 bits per heavy atom. The molecule has 0 aromatic rings. The lowest BCUT2D eigenvalue weighted by molar-refractivity contribution is 0.256. The molecule has 0 aromatic heterocycles. The zero-order chi connectivity index (χ0) is 7.56. The van der Waals surface area contributed by atoms with Gasteiger partial charge in [-0.05, 0) is 22.4 Å². The first-order valence-corrected chi connectivity index (χ1v) is 4.40. The molecule has 0 saturated heterocycles. The average Bonchev–Trinajstić information content (AvgIpc) is 2.20. The lowest BCUT2D eigenvalue weighted by Crippen LogP contribution is -2.29. The van der Waals surface area contributed by atoms with Crippen LogP contribution in [0.3, 0.4) is 0 Å². The van der Waals surface area contributed by atoms with Gasteiger partial charge in [0.15, 0.2) is 5.08 Å². The summed E-state index contributed by atoms with van der Waals surface area (Å²) in [5.41, 5.74) is 0. The van der Waals surface area contributed by atoms with Crippen molar-refractivity contribution in [2.45, 2.75) is 18.4 Å². The normalized spacial score (nSPS) is 24.5. The van der Waals surface area contributed by atoms with E-state index in [1.165, 1.54) is 4.42 Å². The molecule has 58 valence electrons. The monoisotopic (exact) mass is 225 g/mol. The molecule has 0 amide bonds. The third-order valence-electron chi connectivity index (χ3n) is 1.21. The van der Waals surface area contributed by atoms with E-state index in [2.05, 4.69) is 28.0 Å². The Bertz CT molecular complexity index is 141. The summed E-state index contributed by atoms with van der Waals surface area (Å²) >= 11 is 9.05. The molecular formula is C5H9BrClN3. The summed E-state index contributed by atoms with van der Waals surface area (Å²) in [5.74, 6) is 0. The van der Waals surface area contributed by atoms with E-state index in [1.54, 1.807) is 6.34 Å². The smallest absolute Gasteiger partial charge is 0.190 e. The predicted octanol–water partition coefficient (Wildman–Crippen LogP) is 1.79. The highest BCUT2D eigenvalue weighted by Crippen LogP contribution is 2.19. The van der Waals surface area contributed by atoms with Gasteiger partial charge in [0.2, 0.25) is 0 Å². The molecule has 0 radical (unpaired) electrons. The van der Waals surface area contributed by atoms with Crippen LogP contribution in [-0.4, -0.2) is 27.4 Å². The minimum Gasteiger partial charge on any atom is -0.262 e. The van der Waals surface area contributed by atoms with Crippen molar-refractivity contribution in [3.05, 3.63) is 0 Å². The molecule has 1 atom stereocenters. The number of rotatable bonds is 2. The topological polar surface area (TPSA) is 18.8 Å². The van der Waals surface area contributed by atoms with E-state index in [4.69, 9.17) is 11.8 Å². The van der Waals surface area contributed by atoms with Crippen molar-refractivity contribution < 1.29 is 0 Å². The number of nitrogens with zero attached hydrogens (tertiary/aromatic N) is 3. The Labute approximate surface area is 73.9 Å². The molecule has 0 spiro atoms. The summed E-state index contributed by atoms with van der Waals surface area (Å²) in [6.07, 6.45) is 2.67. The molecule has 0 aromatic carbocycles. The van der Waals surface area contributed by atoms with Gasteiger partial charge in [0.25, 0.3) is 0 Å². The molecule has 1 aliphatic heterocycles. The summed E-state index contributed by atoms with van der Waals surface area (Å²) < 4.78 is 1.50. The first-order valence-electron chi connectivity index (χ1n) is 3.14. The quantitative estimate of drug-likeness (QED) is 0.406. The second kappa shape index (κ2) is 3.44. The highest BCUT2D eigenvalue weighted by molar-refractivity contribution is 9.09. The molecule has 3 nitrogen and oxygen atoms in total. The van der Waals surface area contributed by atoms with Gasteiger partial charge in [0, 0.05) is 18.3 Å². The summed E-state index contributed by atoms with van der Waals surface area (Å²) in [7, 11) is 0. The Morgan fingerprint density at radius 1 is 1.80 bits per heavy atom. The van der Waals surface area contributed by atoms with E-state index in [0.29, 0.717) is 0 Å². The van der Waals surface area contributed by atoms with Crippen molar-refractivity contribution in [1.82, 2.24) is 9.43 Å². The maximum Gasteiger partial charge on any atom is 0.190 e. The van der Waals surface area contributed by atoms with E-state index >= 15 is 0 Å². The van der Waals surface area contributed by atoms with E-state index in [1.807, 2.05) is 5.01 Å². The van der Waals surface area contributed by atoms with E-state index < -0.39 is 0 Å². The molecule has 1 aliphatic rings. The Hall–Kier alpha value is 0.0400. The van der Waals surface area contributed by atoms with Gasteiger partial charge < -0.3 is 0 Å². The maximum absolute atomic E-state index is 5.69. The molecule has 5 heteroatoms. The van der Waals surface area contributed by atoms with Crippen LogP contribution in [0.15, 0.2) is 5.10 Å². The van der Waals surface area contributed by atoms with Crippen molar-refractivity contribution in [1.29, 1.82) is 0 Å². The fourth-order valence-corrected chi connectivity index (χ4v) is 1.30. The van der Waals surface area contributed by atoms with E-state index in [-0.39, 0.29) is 5.08 Å². The summed E-state index contributed by atoms with van der Waals surface area (Å²) in [5, 5.41) is 5.95. The van der Waals surface area contributed by atoms with E-state index in [9.17, 15) is 0 Å². The van der Waals surface area contributed by atoms with Crippen molar-refractivity contribution >= 4 is 34.0 Å². The van der Waals surface area contributed by atoms with Crippen molar-refractivity contribution in [3.63, 3.8) is 0 Å². The van der Waals surface area contributed by atoms with Crippen LogP contribution in [0, 0.1) is 0 Å². The second-order valence-electron chi connectivity index (χ2n) is 2.05. The van der Waals surface area contributed by atoms with Crippen LogP contribution in [0.1, 0.15) is 13.3 Å². The van der Waals surface area contributed by atoms with Crippen molar-refractivity contribution in [3.8, 4) is 0 Å². The van der Waals surface area contributed by atoms with Crippen LogP contribution >= 0.6 is 27.7 Å². The van der Waals surface area contributed by atoms with Gasteiger partial charge in [0.05, 0.1) is 0 Å². The molecule has 0 aliphatic carbocycles. The van der Waals surface area contributed by atoms with Crippen LogP contribution in [-0.2, 0) is 0 Å². The summed E-state index contributed by atoms with van der Waals surface area (Å²) in [6.45, 7) is 3.03. The standard InChI is InChI=1S/C5H9BrClN3/c1-2-3-10-5(6)9(7)4-8-10/h4-5H,2-3H2,1H3. The van der Waals surface area contributed by atoms with Gasteiger partial charge >= 0.3 is 0 Å². The van der Waals surface area contributed by atoms with Crippen LogP contribution < -0.4 is 0 Å². The SMILES string of the molecule is CCCN1N=CN(Cl)C1Br. The molecule has 1 heterocycles. The van der Waals surface area contributed by atoms with Gasteiger partial charge in [-0.25, -0.2) is 4.42 Å². The van der Waals surface area contributed by atoms with Gasteiger partial charge in [-0.3, -0.25) is 5.01 Å². The Morgan fingerprint density at radius 3 is 2.90 bits per heavy atom. The fraction of sp³-hybridized carbons (Fsp3) is 0.800. The lowest BCUT2D eigenvalue weighted by Gasteiger charge is -2.19. The number of hydrogen-bond donors (Lipinski definition) is 0. The molecule has 1 rings (SSSR count). The fourth-order valence-electron chi connectivity index (χ4n) is 0.746. The first-order chi connectivity index (χ1) is 4.75. The molecule has 0 fully saturated rings. The first kappa shape index (κ1) is 8.14. The third kappa shape index (κ3) is 1.55. The van der Waals surface area contributed by atoms with Gasteiger partial charge in [-0.1, -0.05) is 6.92 Å². The number of halogens is 2. The van der Waals surface area contributed by atoms with Gasteiger partial charge in [-0.15, -0.1) is 0 Å². The summed E-state index contributed by atoms with van der Waals surface area (Å²) in [4.78, 5) is 0. The van der Waals surface area contributed by atoms with Crippen LogP contribution in [0.5, 0.6) is 0 Å². The molecule has 0 saturated carbocycles. The van der Waals surface area contributed by atoms with Crippen molar-refractivity contribution in [2.24, 2.45) is 5.10 Å². The molecule has 10 heavy (non-hydrogen) atoms. The Kier molecular flexibility index (Phi) is 2.80. The Balaban J connectivity index is 2.41. The average molecular weight is 227 g/mol. The van der Waals surface area contributed by atoms with E-state index in [0.717, 1.165) is 13.0 Å². The molecular weight excluding hydrogens is 217 g/mol. The minimum atomic E-state index is 0.0223. The molecule has 0 N–H and O–H groups in total. The zero-order valence-electron chi connectivity index (χ0n) is 5.67. The minimum absolute atomic E-state index is 0.0223. The number of hydrazone groups is 1. The summed E-state index contributed by atoms with van der Waals surface area (Å²) in [6, 6.07) is 0. The largest absolute Gasteiger partial charge is 0.262 e. The van der Waals surface area contributed by atoms with Crippen LogP contribution in [0.25, 0.3) is 0 Å². The maximum atomic E-state index is 5.69. The lowest BCUT2D eigenvalue weighted by atomic mass is 10.5. The van der Waals surface area contributed by atoms with Crippen molar-refractivity contribution in [2.75, 3.05) is 6.54 Å². The number of alkyl halides is 1. The van der Waals surface area contributed by atoms with Gasteiger partial charge in [0.1, 0.15) is 6.34 Å². The van der Waals surface area contributed by atoms with Crippen LogP contribution in [0.2, 0.25) is 0 Å². The second-order valence-corrected chi connectivity index (χ2v) is 3.26. The van der Waals surface area contributed by atoms with Gasteiger partial charge in [-0.2, -0.15) is 5.10 Å². The highest BCUT2D eigenvalue weighted by atomic mass is 79.9. The molecule has 1 unspecified atom stereocenters. The third-order valence-corrected chi connectivity index (χ3v) is 2.63.